The third-order valence-corrected chi connectivity index (χ3v) is 9.11. The number of anilines is 2. The zero-order valence-electron chi connectivity index (χ0n) is 26.4. The van der Waals surface area contributed by atoms with Crippen LogP contribution in [0.5, 0.6) is 5.75 Å². The summed E-state index contributed by atoms with van der Waals surface area (Å²) in [7, 11) is 1.54. The van der Waals surface area contributed by atoms with E-state index in [1.807, 2.05) is 75.4 Å². The highest BCUT2D eigenvalue weighted by Crippen LogP contribution is 2.32. The lowest BCUT2D eigenvalue weighted by Crippen LogP contribution is -2.30. The molecule has 4 aromatic carbocycles. The van der Waals surface area contributed by atoms with Crippen molar-refractivity contribution in [3.8, 4) is 17.0 Å². The molecule has 0 aliphatic rings. The van der Waals surface area contributed by atoms with Gasteiger partial charge in [0.05, 0.1) is 18.1 Å². The standard InChI is InChI=1S/C37H34N4O4S2/c1-23-14-16-26(17-15-23)33-24(2)47-37(40-33)41-34(42)25(3)46-30-20-18-29(19-21-30)38-36(44)31(22-28-12-8-9-13-32(28)45-4)39-35(43)27-10-6-5-7-11-27/h5-22,25H,1-4H3,(H,38,44)(H,39,43)(H,40,41,42)/b31-22-. The van der Waals surface area contributed by atoms with Crippen LogP contribution in [0.4, 0.5) is 10.8 Å². The third kappa shape index (κ3) is 8.75. The van der Waals surface area contributed by atoms with Crippen LogP contribution in [-0.4, -0.2) is 35.1 Å². The number of methoxy groups -OCH3 is 1. The summed E-state index contributed by atoms with van der Waals surface area (Å²) in [4.78, 5) is 46.0. The number of carbonyl (C=O) groups is 3. The Hall–Kier alpha value is -5.19. The van der Waals surface area contributed by atoms with Crippen molar-refractivity contribution in [3.05, 3.63) is 130 Å². The molecule has 238 valence electrons. The number of nitrogens with one attached hydrogen (secondary N) is 3. The molecule has 1 atom stereocenters. The topological polar surface area (TPSA) is 109 Å². The number of thiazole rings is 1. The van der Waals surface area contributed by atoms with Crippen molar-refractivity contribution < 1.29 is 19.1 Å². The fraction of sp³-hybridized carbons (Fsp3) is 0.135. The van der Waals surface area contributed by atoms with Crippen LogP contribution in [0.1, 0.15) is 33.3 Å². The molecule has 5 aromatic rings. The number of hydrogen-bond donors (Lipinski definition) is 3. The number of para-hydroxylation sites is 1. The van der Waals surface area contributed by atoms with E-state index in [-0.39, 0.29) is 11.6 Å². The first-order chi connectivity index (χ1) is 22.7. The molecule has 1 aromatic heterocycles. The molecule has 0 radical (unpaired) electrons. The predicted octanol–water partition coefficient (Wildman–Crippen LogP) is 7.96. The lowest BCUT2D eigenvalue weighted by molar-refractivity contribution is -0.115. The zero-order chi connectivity index (χ0) is 33.3. The molecular formula is C37H34N4O4S2. The maximum atomic E-state index is 13.4. The smallest absolute Gasteiger partial charge is 0.272 e. The average molecular weight is 663 g/mol. The van der Waals surface area contributed by atoms with E-state index in [4.69, 9.17) is 4.74 Å². The molecule has 0 saturated carbocycles. The number of aromatic nitrogens is 1. The summed E-state index contributed by atoms with van der Waals surface area (Å²) >= 11 is 2.85. The van der Waals surface area contributed by atoms with Gasteiger partial charge >= 0.3 is 0 Å². The van der Waals surface area contributed by atoms with Crippen LogP contribution >= 0.6 is 23.1 Å². The Morgan fingerprint density at radius 3 is 2.23 bits per heavy atom. The predicted molar refractivity (Wildman–Crippen MR) is 191 cm³/mol. The Morgan fingerprint density at radius 2 is 1.53 bits per heavy atom. The zero-order valence-corrected chi connectivity index (χ0v) is 28.0. The first-order valence-corrected chi connectivity index (χ1v) is 16.5. The van der Waals surface area contributed by atoms with Crippen LogP contribution in [0.15, 0.2) is 114 Å². The van der Waals surface area contributed by atoms with E-state index < -0.39 is 17.1 Å². The van der Waals surface area contributed by atoms with Crippen LogP contribution in [0.2, 0.25) is 0 Å². The molecule has 3 amide bonds. The summed E-state index contributed by atoms with van der Waals surface area (Å²) in [6.45, 7) is 5.87. The molecular weight excluding hydrogens is 629 g/mol. The Morgan fingerprint density at radius 1 is 0.851 bits per heavy atom. The highest BCUT2D eigenvalue weighted by molar-refractivity contribution is 8.00. The maximum absolute atomic E-state index is 13.4. The Bertz CT molecular complexity index is 1900. The van der Waals surface area contributed by atoms with Crippen molar-refractivity contribution in [2.75, 3.05) is 17.7 Å². The number of benzene rings is 4. The fourth-order valence-corrected chi connectivity index (χ4v) is 6.30. The second-order valence-electron chi connectivity index (χ2n) is 10.6. The lowest BCUT2D eigenvalue weighted by Gasteiger charge is -2.13. The molecule has 0 bridgehead atoms. The number of thioether (sulfide) groups is 1. The van der Waals surface area contributed by atoms with E-state index in [0.29, 0.717) is 27.7 Å². The van der Waals surface area contributed by atoms with Crippen LogP contribution < -0.4 is 20.7 Å². The first kappa shape index (κ1) is 33.2. The van der Waals surface area contributed by atoms with Gasteiger partial charge in [-0.15, -0.1) is 23.1 Å². The minimum absolute atomic E-state index is 0.0510. The molecule has 0 fully saturated rings. The van der Waals surface area contributed by atoms with Gasteiger partial charge in [0.1, 0.15) is 11.4 Å². The van der Waals surface area contributed by atoms with Gasteiger partial charge in [0.2, 0.25) is 5.91 Å². The van der Waals surface area contributed by atoms with E-state index >= 15 is 0 Å². The molecule has 0 saturated heterocycles. The summed E-state index contributed by atoms with van der Waals surface area (Å²) in [5.41, 5.74) is 4.68. The number of hydrogen-bond acceptors (Lipinski definition) is 7. The number of rotatable bonds is 11. The minimum Gasteiger partial charge on any atom is -0.496 e. The lowest BCUT2D eigenvalue weighted by atomic mass is 10.1. The summed E-state index contributed by atoms with van der Waals surface area (Å²) in [6.07, 6.45) is 1.58. The number of nitrogens with zero attached hydrogens (tertiary/aromatic N) is 1. The van der Waals surface area contributed by atoms with E-state index in [1.165, 1.54) is 28.7 Å². The largest absolute Gasteiger partial charge is 0.496 e. The molecule has 5 rings (SSSR count). The van der Waals surface area contributed by atoms with Gasteiger partial charge in [-0.25, -0.2) is 4.98 Å². The molecule has 47 heavy (non-hydrogen) atoms. The number of aryl methyl sites for hydroxylation is 2. The number of ether oxygens (including phenoxy) is 1. The van der Waals surface area contributed by atoms with Gasteiger partial charge in [0.15, 0.2) is 5.13 Å². The van der Waals surface area contributed by atoms with Gasteiger partial charge in [0.25, 0.3) is 11.8 Å². The van der Waals surface area contributed by atoms with Crippen LogP contribution in [0.25, 0.3) is 17.3 Å². The highest BCUT2D eigenvalue weighted by Gasteiger charge is 2.19. The molecule has 0 aliphatic heterocycles. The molecule has 10 heteroatoms. The van der Waals surface area contributed by atoms with Crippen molar-refractivity contribution in [3.63, 3.8) is 0 Å². The number of amides is 3. The van der Waals surface area contributed by atoms with Crippen molar-refractivity contribution in [2.45, 2.75) is 30.9 Å². The van der Waals surface area contributed by atoms with Crippen LogP contribution in [-0.2, 0) is 9.59 Å². The molecule has 1 heterocycles. The second-order valence-corrected chi connectivity index (χ2v) is 13.3. The van der Waals surface area contributed by atoms with E-state index in [2.05, 4.69) is 20.9 Å². The third-order valence-electron chi connectivity index (χ3n) is 7.11. The number of carbonyl (C=O) groups excluding carboxylic acids is 3. The molecule has 8 nitrogen and oxygen atoms in total. The summed E-state index contributed by atoms with van der Waals surface area (Å²) in [5, 5.41) is 8.71. The van der Waals surface area contributed by atoms with E-state index in [9.17, 15) is 14.4 Å². The van der Waals surface area contributed by atoms with Gasteiger partial charge in [-0.1, -0.05) is 66.2 Å². The van der Waals surface area contributed by atoms with Gasteiger partial charge in [0, 0.05) is 32.2 Å². The van der Waals surface area contributed by atoms with Gasteiger partial charge in [-0.05, 0) is 69.3 Å². The Balaban J connectivity index is 1.23. The van der Waals surface area contributed by atoms with Gasteiger partial charge in [-0.3, -0.25) is 14.4 Å². The van der Waals surface area contributed by atoms with E-state index in [0.717, 1.165) is 21.0 Å². The van der Waals surface area contributed by atoms with Crippen molar-refractivity contribution in [1.29, 1.82) is 0 Å². The summed E-state index contributed by atoms with van der Waals surface area (Å²) < 4.78 is 5.43. The van der Waals surface area contributed by atoms with Crippen molar-refractivity contribution >= 4 is 57.7 Å². The maximum Gasteiger partial charge on any atom is 0.272 e. The monoisotopic (exact) mass is 662 g/mol. The second kappa shape index (κ2) is 15.4. The van der Waals surface area contributed by atoms with Crippen molar-refractivity contribution in [2.24, 2.45) is 0 Å². The Kier molecular flexibility index (Phi) is 10.9. The first-order valence-electron chi connectivity index (χ1n) is 14.8. The quantitative estimate of drug-likeness (QED) is 0.0978. The SMILES string of the molecule is COc1ccccc1/C=C(\NC(=O)c1ccccc1)C(=O)Nc1ccc(SC(C)C(=O)Nc2nc(-c3ccc(C)cc3)c(C)s2)cc1. The van der Waals surface area contributed by atoms with Crippen LogP contribution in [0.3, 0.4) is 0 Å². The van der Waals surface area contributed by atoms with Crippen molar-refractivity contribution in [1.82, 2.24) is 10.3 Å². The van der Waals surface area contributed by atoms with E-state index in [1.54, 1.807) is 61.7 Å². The minimum atomic E-state index is -0.503. The molecule has 1 unspecified atom stereocenters. The Labute approximate surface area is 282 Å². The molecule has 0 aliphatic carbocycles. The van der Waals surface area contributed by atoms with Gasteiger partial charge in [-0.2, -0.15) is 0 Å². The van der Waals surface area contributed by atoms with Crippen LogP contribution in [0, 0.1) is 13.8 Å². The summed E-state index contributed by atoms with van der Waals surface area (Å²) in [5.74, 6) is -0.517. The molecule has 0 spiro atoms. The average Bonchev–Trinajstić information content (AvgIpc) is 3.45. The normalized spacial score (nSPS) is 11.8. The summed E-state index contributed by atoms with van der Waals surface area (Å²) in [6, 6.07) is 31.2. The van der Waals surface area contributed by atoms with Gasteiger partial charge < -0.3 is 20.7 Å². The fourth-order valence-electron chi connectivity index (χ4n) is 4.59. The highest BCUT2D eigenvalue weighted by atomic mass is 32.2. The molecule has 3 N–H and O–H groups in total.